The second kappa shape index (κ2) is 9.02. The van der Waals surface area contributed by atoms with Crippen LogP contribution in [-0.2, 0) is 11.3 Å². The lowest BCUT2D eigenvalue weighted by Gasteiger charge is -2.13. The van der Waals surface area contributed by atoms with Crippen LogP contribution in [0.3, 0.4) is 0 Å². The van der Waals surface area contributed by atoms with Crippen LogP contribution in [0.25, 0.3) is 0 Å². The molecule has 2 aromatic rings. The highest BCUT2D eigenvalue weighted by Gasteiger charge is 2.17. The second-order valence-corrected chi connectivity index (χ2v) is 6.18. The predicted octanol–water partition coefficient (Wildman–Crippen LogP) is 3.57. The number of ether oxygens (including phenoxy) is 2. The fourth-order valence-electron chi connectivity index (χ4n) is 2.13. The van der Waals surface area contributed by atoms with Crippen molar-refractivity contribution in [2.24, 2.45) is 0 Å². The summed E-state index contributed by atoms with van der Waals surface area (Å²) in [5.74, 6) is -0.141. The summed E-state index contributed by atoms with van der Waals surface area (Å²) < 4.78 is 11.4. The molecule has 6 nitrogen and oxygen atoms in total. The van der Waals surface area contributed by atoms with E-state index in [9.17, 15) is 9.59 Å². The topological polar surface area (TPSA) is 88.4 Å². The summed E-state index contributed by atoms with van der Waals surface area (Å²) in [6.07, 6.45) is 0. The molecular weight excluding hydrogens is 400 g/mol. The average Bonchev–Trinajstić information content (AvgIpc) is 2.63. The third kappa shape index (κ3) is 5.07. The molecular formula is C19H17BrN2O4. The van der Waals surface area contributed by atoms with E-state index >= 15 is 0 Å². The van der Waals surface area contributed by atoms with Gasteiger partial charge < -0.3 is 14.8 Å². The molecule has 1 N–H and O–H groups in total. The SMILES string of the molecule is CCOc1cc(C#N)cc(Br)c1OC(=O)c1ccc(CNC(C)=O)cc1. The zero-order valence-corrected chi connectivity index (χ0v) is 15.9. The molecule has 0 aromatic heterocycles. The van der Waals surface area contributed by atoms with Gasteiger partial charge in [-0.05, 0) is 46.6 Å². The van der Waals surface area contributed by atoms with Crippen molar-refractivity contribution in [2.75, 3.05) is 6.61 Å². The monoisotopic (exact) mass is 416 g/mol. The maximum Gasteiger partial charge on any atom is 0.343 e. The zero-order valence-electron chi connectivity index (χ0n) is 14.3. The second-order valence-electron chi connectivity index (χ2n) is 5.33. The van der Waals surface area contributed by atoms with Crippen molar-refractivity contribution >= 4 is 27.8 Å². The van der Waals surface area contributed by atoms with Crippen molar-refractivity contribution in [3.63, 3.8) is 0 Å². The van der Waals surface area contributed by atoms with E-state index in [-0.39, 0.29) is 11.7 Å². The first-order valence-corrected chi connectivity index (χ1v) is 8.66. The van der Waals surface area contributed by atoms with Crippen LogP contribution in [0.15, 0.2) is 40.9 Å². The minimum atomic E-state index is -0.553. The number of benzene rings is 2. The third-order valence-corrected chi connectivity index (χ3v) is 3.95. The summed E-state index contributed by atoms with van der Waals surface area (Å²) in [6, 6.07) is 11.8. The molecule has 0 heterocycles. The van der Waals surface area contributed by atoms with Gasteiger partial charge in [0.15, 0.2) is 11.5 Å². The third-order valence-electron chi connectivity index (χ3n) is 3.36. The lowest BCUT2D eigenvalue weighted by molar-refractivity contribution is -0.119. The van der Waals surface area contributed by atoms with E-state index in [1.165, 1.54) is 13.0 Å². The van der Waals surface area contributed by atoms with Gasteiger partial charge in [0.05, 0.1) is 28.3 Å². The first-order valence-electron chi connectivity index (χ1n) is 7.86. The standard InChI is InChI=1S/C19H17BrN2O4/c1-3-25-17-9-14(10-21)8-16(20)18(17)26-19(24)15-6-4-13(5-7-15)11-22-12(2)23/h4-9H,3,11H2,1-2H3,(H,22,23). The summed E-state index contributed by atoms with van der Waals surface area (Å²) in [4.78, 5) is 23.4. The minimum absolute atomic E-state index is 0.123. The number of carbonyl (C=O) groups is 2. The van der Waals surface area contributed by atoms with Crippen LogP contribution < -0.4 is 14.8 Å². The number of rotatable bonds is 6. The summed E-state index contributed by atoms with van der Waals surface area (Å²) in [6.45, 7) is 3.99. The van der Waals surface area contributed by atoms with E-state index < -0.39 is 5.97 Å². The van der Waals surface area contributed by atoms with Gasteiger partial charge in [0.25, 0.3) is 0 Å². The molecule has 0 aliphatic heterocycles. The number of nitrogens with one attached hydrogen (secondary N) is 1. The number of nitriles is 1. The van der Waals surface area contributed by atoms with Crippen molar-refractivity contribution in [1.29, 1.82) is 5.26 Å². The number of carbonyl (C=O) groups excluding carboxylic acids is 2. The summed E-state index contributed by atoms with van der Waals surface area (Å²) in [5, 5.41) is 11.7. The van der Waals surface area contributed by atoms with Crippen LogP contribution in [0.4, 0.5) is 0 Å². The molecule has 0 unspecified atom stereocenters. The van der Waals surface area contributed by atoms with E-state index in [2.05, 4.69) is 21.2 Å². The van der Waals surface area contributed by atoms with Gasteiger partial charge in [0, 0.05) is 19.5 Å². The van der Waals surface area contributed by atoms with Gasteiger partial charge in [-0.25, -0.2) is 4.79 Å². The van der Waals surface area contributed by atoms with Crippen molar-refractivity contribution in [1.82, 2.24) is 5.32 Å². The quantitative estimate of drug-likeness (QED) is 0.574. The molecule has 0 saturated carbocycles. The molecule has 0 atom stereocenters. The van der Waals surface area contributed by atoms with E-state index in [4.69, 9.17) is 14.7 Å². The Balaban J connectivity index is 2.19. The molecule has 2 rings (SSSR count). The van der Waals surface area contributed by atoms with Crippen molar-refractivity contribution in [3.05, 3.63) is 57.6 Å². The van der Waals surface area contributed by atoms with E-state index in [1.807, 2.05) is 6.07 Å². The van der Waals surface area contributed by atoms with Crippen molar-refractivity contribution < 1.29 is 19.1 Å². The molecule has 26 heavy (non-hydrogen) atoms. The van der Waals surface area contributed by atoms with Crippen LogP contribution >= 0.6 is 15.9 Å². The van der Waals surface area contributed by atoms with Crippen LogP contribution in [0.2, 0.25) is 0 Å². The van der Waals surface area contributed by atoms with Gasteiger partial charge >= 0.3 is 5.97 Å². The Labute approximate surface area is 159 Å². The summed E-state index contributed by atoms with van der Waals surface area (Å²) in [7, 11) is 0. The number of nitrogens with zero attached hydrogens (tertiary/aromatic N) is 1. The van der Waals surface area contributed by atoms with E-state index in [1.54, 1.807) is 37.3 Å². The first kappa shape index (κ1) is 19.5. The molecule has 0 aliphatic rings. The maximum absolute atomic E-state index is 12.4. The highest BCUT2D eigenvalue weighted by Crippen LogP contribution is 2.37. The van der Waals surface area contributed by atoms with Gasteiger partial charge in [-0.3, -0.25) is 4.79 Å². The normalized spacial score (nSPS) is 9.92. The Kier molecular flexibility index (Phi) is 6.75. The Morgan fingerprint density at radius 1 is 1.23 bits per heavy atom. The van der Waals surface area contributed by atoms with Crippen molar-refractivity contribution in [2.45, 2.75) is 20.4 Å². The number of hydrogen-bond acceptors (Lipinski definition) is 5. The number of hydrogen-bond donors (Lipinski definition) is 1. The smallest absolute Gasteiger partial charge is 0.343 e. The van der Waals surface area contributed by atoms with Crippen LogP contribution in [0.1, 0.15) is 35.3 Å². The van der Waals surface area contributed by atoms with E-state index in [0.717, 1.165) is 5.56 Å². The Bertz CT molecular complexity index is 857. The fourth-order valence-corrected chi connectivity index (χ4v) is 2.65. The molecule has 0 spiro atoms. The molecule has 2 aromatic carbocycles. The van der Waals surface area contributed by atoms with Crippen molar-refractivity contribution in [3.8, 4) is 17.6 Å². The Morgan fingerprint density at radius 3 is 2.50 bits per heavy atom. The molecule has 0 aliphatic carbocycles. The fraction of sp³-hybridized carbons (Fsp3) is 0.211. The van der Waals surface area contributed by atoms with Crippen LogP contribution in [0, 0.1) is 11.3 Å². The lowest BCUT2D eigenvalue weighted by Crippen LogP contribution is -2.19. The van der Waals surface area contributed by atoms with Gasteiger partial charge in [-0.2, -0.15) is 5.26 Å². The number of halogens is 1. The molecule has 134 valence electrons. The molecule has 0 saturated heterocycles. The molecule has 0 bridgehead atoms. The lowest BCUT2D eigenvalue weighted by atomic mass is 10.1. The Hall–Kier alpha value is -2.85. The molecule has 7 heteroatoms. The zero-order chi connectivity index (χ0) is 19.1. The highest BCUT2D eigenvalue weighted by atomic mass is 79.9. The van der Waals surface area contributed by atoms with Gasteiger partial charge in [0.2, 0.25) is 5.91 Å². The molecule has 0 radical (unpaired) electrons. The van der Waals surface area contributed by atoms with Gasteiger partial charge in [0.1, 0.15) is 0 Å². The predicted molar refractivity (Wildman–Crippen MR) is 98.9 cm³/mol. The minimum Gasteiger partial charge on any atom is -0.490 e. The largest absolute Gasteiger partial charge is 0.490 e. The highest BCUT2D eigenvalue weighted by molar-refractivity contribution is 9.10. The maximum atomic E-state index is 12.4. The summed E-state index contributed by atoms with van der Waals surface area (Å²) >= 11 is 3.31. The van der Waals surface area contributed by atoms with Gasteiger partial charge in [-0.15, -0.1) is 0 Å². The van der Waals surface area contributed by atoms with Crippen LogP contribution in [0.5, 0.6) is 11.5 Å². The Morgan fingerprint density at radius 2 is 1.92 bits per heavy atom. The molecule has 0 fully saturated rings. The van der Waals surface area contributed by atoms with Gasteiger partial charge in [-0.1, -0.05) is 12.1 Å². The first-order chi connectivity index (χ1) is 12.4. The van der Waals surface area contributed by atoms with Crippen LogP contribution in [-0.4, -0.2) is 18.5 Å². The molecule has 1 amide bonds. The number of esters is 1. The average molecular weight is 417 g/mol. The number of amides is 1. The summed E-state index contributed by atoms with van der Waals surface area (Å²) in [5.41, 5.74) is 1.61. The van der Waals surface area contributed by atoms with E-state index in [0.29, 0.717) is 34.5 Å².